The summed E-state index contributed by atoms with van der Waals surface area (Å²) in [6.45, 7) is -0.119. The number of benzene rings is 2. The molecular formula is C20H21NO8. The van der Waals surface area contributed by atoms with Crippen molar-refractivity contribution in [3.63, 3.8) is 0 Å². The molecule has 0 radical (unpaired) electrons. The number of carbonyl (C=O) groups excluding carboxylic acids is 2. The number of amides is 1. The van der Waals surface area contributed by atoms with E-state index in [-0.39, 0.29) is 18.9 Å². The number of methoxy groups -OCH3 is 3. The van der Waals surface area contributed by atoms with Crippen LogP contribution in [0.3, 0.4) is 0 Å². The zero-order valence-electron chi connectivity index (χ0n) is 16.3. The van der Waals surface area contributed by atoms with Gasteiger partial charge < -0.3 is 33.7 Å². The van der Waals surface area contributed by atoms with Gasteiger partial charge in [-0.2, -0.15) is 0 Å². The second-order valence-corrected chi connectivity index (χ2v) is 5.95. The Morgan fingerprint density at radius 1 is 0.966 bits per heavy atom. The maximum atomic E-state index is 12.1. The molecule has 0 spiro atoms. The lowest BCUT2D eigenvalue weighted by molar-refractivity contribution is -0.124. The molecular weight excluding hydrogens is 382 g/mol. The Hall–Kier alpha value is -3.62. The molecule has 2 aromatic rings. The van der Waals surface area contributed by atoms with E-state index in [1.54, 1.807) is 24.3 Å². The second-order valence-electron chi connectivity index (χ2n) is 5.95. The number of rotatable bonds is 8. The smallest absolute Gasteiger partial charge is 0.338 e. The molecule has 9 heteroatoms. The van der Waals surface area contributed by atoms with Crippen molar-refractivity contribution < 1.29 is 38.0 Å². The van der Waals surface area contributed by atoms with Crippen LogP contribution in [0.5, 0.6) is 28.7 Å². The van der Waals surface area contributed by atoms with Crippen molar-refractivity contribution in [1.29, 1.82) is 0 Å². The van der Waals surface area contributed by atoms with E-state index in [2.05, 4.69) is 5.32 Å². The van der Waals surface area contributed by atoms with Crippen molar-refractivity contribution in [2.75, 3.05) is 34.7 Å². The molecule has 1 heterocycles. The van der Waals surface area contributed by atoms with E-state index < -0.39 is 18.5 Å². The summed E-state index contributed by atoms with van der Waals surface area (Å²) >= 11 is 0. The topological polar surface area (TPSA) is 102 Å². The number of nitrogens with one attached hydrogen (secondary N) is 1. The monoisotopic (exact) mass is 403 g/mol. The van der Waals surface area contributed by atoms with Gasteiger partial charge in [0, 0.05) is 6.54 Å². The van der Waals surface area contributed by atoms with Crippen molar-refractivity contribution in [1.82, 2.24) is 5.32 Å². The van der Waals surface area contributed by atoms with Gasteiger partial charge >= 0.3 is 5.97 Å². The molecule has 1 amide bonds. The highest BCUT2D eigenvalue weighted by atomic mass is 16.7. The molecule has 0 aliphatic carbocycles. The molecule has 1 aliphatic heterocycles. The fourth-order valence-corrected chi connectivity index (χ4v) is 2.73. The van der Waals surface area contributed by atoms with Crippen LogP contribution in [0.1, 0.15) is 15.9 Å². The number of fused-ring (bicyclic) bond motifs is 1. The van der Waals surface area contributed by atoms with Crippen LogP contribution in [0.2, 0.25) is 0 Å². The van der Waals surface area contributed by atoms with Gasteiger partial charge in [0.05, 0.1) is 26.9 Å². The van der Waals surface area contributed by atoms with Crippen LogP contribution in [0.4, 0.5) is 0 Å². The first kappa shape index (κ1) is 20.1. The lowest BCUT2D eigenvalue weighted by Crippen LogP contribution is -2.28. The van der Waals surface area contributed by atoms with E-state index in [0.717, 1.165) is 5.56 Å². The van der Waals surface area contributed by atoms with Crippen LogP contribution in [0.15, 0.2) is 30.3 Å². The molecule has 9 nitrogen and oxygen atoms in total. The van der Waals surface area contributed by atoms with E-state index in [1.807, 2.05) is 0 Å². The van der Waals surface area contributed by atoms with Crippen molar-refractivity contribution in [2.24, 2.45) is 0 Å². The summed E-state index contributed by atoms with van der Waals surface area (Å²) in [6.07, 6.45) is 0. The Bertz CT molecular complexity index is 886. The molecule has 0 bridgehead atoms. The first-order valence-electron chi connectivity index (χ1n) is 8.68. The van der Waals surface area contributed by atoms with E-state index >= 15 is 0 Å². The average molecular weight is 403 g/mol. The lowest BCUT2D eigenvalue weighted by Gasteiger charge is -2.14. The first-order valence-corrected chi connectivity index (χ1v) is 8.68. The third-order valence-electron chi connectivity index (χ3n) is 4.16. The predicted molar refractivity (Wildman–Crippen MR) is 101 cm³/mol. The highest BCUT2D eigenvalue weighted by molar-refractivity contribution is 5.92. The van der Waals surface area contributed by atoms with E-state index in [1.165, 1.54) is 27.4 Å². The van der Waals surface area contributed by atoms with Gasteiger partial charge in [-0.05, 0) is 35.9 Å². The number of ether oxygens (including phenoxy) is 6. The zero-order chi connectivity index (χ0) is 20.8. The van der Waals surface area contributed by atoms with Gasteiger partial charge in [0.1, 0.15) is 0 Å². The Labute approximate surface area is 167 Å². The molecule has 0 saturated heterocycles. The third-order valence-corrected chi connectivity index (χ3v) is 4.16. The molecule has 1 N–H and O–H groups in total. The second kappa shape index (κ2) is 9.05. The maximum absolute atomic E-state index is 12.1. The molecule has 2 aromatic carbocycles. The van der Waals surface area contributed by atoms with Gasteiger partial charge in [0.25, 0.3) is 5.91 Å². The number of carbonyl (C=O) groups is 2. The zero-order valence-corrected chi connectivity index (χ0v) is 16.3. The van der Waals surface area contributed by atoms with Gasteiger partial charge in [-0.1, -0.05) is 0 Å². The minimum atomic E-state index is -0.633. The quantitative estimate of drug-likeness (QED) is 0.667. The largest absolute Gasteiger partial charge is 0.493 e. The normalized spacial score (nSPS) is 11.6. The van der Waals surface area contributed by atoms with E-state index in [4.69, 9.17) is 28.4 Å². The minimum absolute atomic E-state index is 0.108. The van der Waals surface area contributed by atoms with Crippen molar-refractivity contribution >= 4 is 11.9 Å². The van der Waals surface area contributed by atoms with E-state index in [9.17, 15) is 9.59 Å². The van der Waals surface area contributed by atoms with Gasteiger partial charge in [0.2, 0.25) is 12.5 Å². The van der Waals surface area contributed by atoms with Crippen LogP contribution in [0.25, 0.3) is 0 Å². The third kappa shape index (κ3) is 4.63. The molecule has 29 heavy (non-hydrogen) atoms. The summed E-state index contributed by atoms with van der Waals surface area (Å²) in [5, 5.41) is 2.67. The molecule has 154 valence electrons. The molecule has 0 aromatic heterocycles. The van der Waals surface area contributed by atoms with Crippen molar-refractivity contribution in [2.45, 2.75) is 6.54 Å². The highest BCUT2D eigenvalue weighted by Gasteiger charge is 2.18. The standard InChI is InChI=1S/C20H21NO8/c1-24-16-6-12(7-17(25-2)19(16)26-3)9-21-18(22)10-27-20(23)13-4-5-14-15(8-13)29-11-28-14/h4-8H,9-11H2,1-3H3,(H,21,22). The van der Waals surface area contributed by atoms with Crippen LogP contribution in [-0.2, 0) is 16.1 Å². The van der Waals surface area contributed by atoms with Crippen LogP contribution >= 0.6 is 0 Å². The van der Waals surface area contributed by atoms with Crippen LogP contribution < -0.4 is 29.0 Å². The Kier molecular flexibility index (Phi) is 6.28. The minimum Gasteiger partial charge on any atom is -0.493 e. The number of hydrogen-bond donors (Lipinski definition) is 1. The molecule has 0 saturated carbocycles. The molecule has 0 fully saturated rings. The summed E-state index contributed by atoms with van der Waals surface area (Å²) in [5.74, 6) is 1.36. The summed E-state index contributed by atoms with van der Waals surface area (Å²) in [7, 11) is 4.53. The van der Waals surface area contributed by atoms with Crippen LogP contribution in [0, 0.1) is 0 Å². The Morgan fingerprint density at radius 3 is 2.31 bits per heavy atom. The fourth-order valence-electron chi connectivity index (χ4n) is 2.73. The summed E-state index contributed by atoms with van der Waals surface area (Å²) < 4.78 is 31.3. The summed E-state index contributed by atoms with van der Waals surface area (Å²) in [5.41, 5.74) is 1.00. The van der Waals surface area contributed by atoms with Gasteiger partial charge in [-0.15, -0.1) is 0 Å². The highest BCUT2D eigenvalue weighted by Crippen LogP contribution is 2.38. The van der Waals surface area contributed by atoms with Crippen molar-refractivity contribution in [3.05, 3.63) is 41.5 Å². The van der Waals surface area contributed by atoms with Gasteiger partial charge in [0.15, 0.2) is 29.6 Å². The van der Waals surface area contributed by atoms with Crippen molar-refractivity contribution in [3.8, 4) is 28.7 Å². The average Bonchev–Trinajstić information content (AvgIpc) is 3.22. The molecule has 0 unspecified atom stereocenters. The van der Waals surface area contributed by atoms with E-state index in [0.29, 0.717) is 28.7 Å². The number of esters is 1. The first-order chi connectivity index (χ1) is 14.0. The molecule has 3 rings (SSSR count). The molecule has 1 aliphatic rings. The SMILES string of the molecule is COc1cc(CNC(=O)COC(=O)c2ccc3c(c2)OCO3)cc(OC)c1OC. The fraction of sp³-hybridized carbons (Fsp3) is 0.300. The van der Waals surface area contributed by atoms with Gasteiger partial charge in [-0.3, -0.25) is 4.79 Å². The van der Waals surface area contributed by atoms with Gasteiger partial charge in [-0.25, -0.2) is 4.79 Å². The van der Waals surface area contributed by atoms with Crippen LogP contribution in [-0.4, -0.2) is 46.6 Å². The number of hydrogen-bond acceptors (Lipinski definition) is 8. The Morgan fingerprint density at radius 2 is 1.66 bits per heavy atom. The predicted octanol–water partition coefficient (Wildman–Crippen LogP) is 1.91. The lowest BCUT2D eigenvalue weighted by atomic mass is 10.1. The summed E-state index contributed by atoms with van der Waals surface area (Å²) in [6, 6.07) is 8.12. The Balaban J connectivity index is 1.54. The summed E-state index contributed by atoms with van der Waals surface area (Å²) in [4.78, 5) is 24.2. The maximum Gasteiger partial charge on any atom is 0.338 e. The molecule has 0 atom stereocenters.